The van der Waals surface area contributed by atoms with Gasteiger partial charge in [-0.25, -0.2) is 0 Å². The fraction of sp³-hybridized carbons (Fsp3) is 0.133. The van der Waals surface area contributed by atoms with Gasteiger partial charge in [0.2, 0.25) is 0 Å². The van der Waals surface area contributed by atoms with Crippen molar-refractivity contribution in [1.82, 2.24) is 0 Å². The Morgan fingerprint density at radius 1 is 1.15 bits per heavy atom. The van der Waals surface area contributed by atoms with Gasteiger partial charge in [-0.2, -0.15) is 0 Å². The van der Waals surface area contributed by atoms with Crippen LogP contribution >= 0.6 is 0 Å². The highest BCUT2D eigenvalue weighted by atomic mass is 16.5. The fourth-order valence-corrected chi connectivity index (χ4v) is 1.94. The minimum atomic E-state index is -0.536. The van der Waals surface area contributed by atoms with Crippen molar-refractivity contribution in [1.29, 1.82) is 0 Å². The summed E-state index contributed by atoms with van der Waals surface area (Å²) in [7, 11) is 1.59. The average Bonchev–Trinajstić information content (AvgIpc) is 2.41. The molecule has 0 radical (unpaired) electrons. The highest BCUT2D eigenvalue weighted by Crippen LogP contribution is 2.30. The number of amides is 1. The molecule has 0 unspecified atom stereocenters. The number of nitrogens with two attached hydrogens (primary N) is 2. The zero-order chi connectivity index (χ0) is 14.7. The molecule has 0 fully saturated rings. The average molecular weight is 271 g/mol. The second-order valence-corrected chi connectivity index (χ2v) is 4.50. The van der Waals surface area contributed by atoms with Gasteiger partial charge in [0.25, 0.3) is 5.91 Å². The maximum atomic E-state index is 11.5. The van der Waals surface area contributed by atoms with E-state index in [-0.39, 0.29) is 0 Å². The van der Waals surface area contributed by atoms with Gasteiger partial charge in [0.15, 0.2) is 0 Å². The van der Waals surface area contributed by atoms with E-state index >= 15 is 0 Å². The molecule has 0 heterocycles. The summed E-state index contributed by atoms with van der Waals surface area (Å²) in [5, 5.41) is 3.16. The van der Waals surface area contributed by atoms with Gasteiger partial charge in [0.1, 0.15) is 5.75 Å². The zero-order valence-electron chi connectivity index (χ0n) is 11.4. The predicted molar refractivity (Wildman–Crippen MR) is 80.4 cm³/mol. The van der Waals surface area contributed by atoms with E-state index in [2.05, 4.69) is 5.32 Å². The summed E-state index contributed by atoms with van der Waals surface area (Å²) in [5.74, 6) is 0.147. The molecule has 0 saturated heterocycles. The van der Waals surface area contributed by atoms with E-state index in [1.54, 1.807) is 25.3 Å². The number of nitrogens with one attached hydrogen (secondary N) is 1. The first-order chi connectivity index (χ1) is 9.51. The van der Waals surface area contributed by atoms with E-state index in [0.29, 0.717) is 22.7 Å². The van der Waals surface area contributed by atoms with Gasteiger partial charge in [-0.1, -0.05) is 6.07 Å². The van der Waals surface area contributed by atoms with E-state index in [4.69, 9.17) is 16.2 Å². The van der Waals surface area contributed by atoms with Crippen LogP contribution in [-0.2, 0) is 0 Å². The van der Waals surface area contributed by atoms with E-state index in [9.17, 15) is 4.79 Å². The van der Waals surface area contributed by atoms with E-state index in [1.807, 2.05) is 25.1 Å². The quantitative estimate of drug-likeness (QED) is 0.745. The lowest BCUT2D eigenvalue weighted by Gasteiger charge is -2.14. The van der Waals surface area contributed by atoms with Crippen LogP contribution in [0.3, 0.4) is 0 Å². The largest absolute Gasteiger partial charge is 0.495 e. The molecule has 2 aromatic rings. The number of anilines is 3. The monoisotopic (exact) mass is 271 g/mol. The van der Waals surface area contributed by atoms with Gasteiger partial charge in [-0.05, 0) is 42.8 Å². The second kappa shape index (κ2) is 5.52. The van der Waals surface area contributed by atoms with Crippen molar-refractivity contribution in [3.8, 4) is 5.75 Å². The molecular weight excluding hydrogens is 254 g/mol. The van der Waals surface area contributed by atoms with Crippen LogP contribution in [0.25, 0.3) is 0 Å². The number of nitrogen functional groups attached to an aromatic ring is 1. The molecule has 2 rings (SSSR count). The molecule has 0 atom stereocenters. The molecule has 0 aliphatic carbocycles. The maximum absolute atomic E-state index is 11.5. The maximum Gasteiger partial charge on any atom is 0.250 e. The molecule has 5 nitrogen and oxygen atoms in total. The number of carbonyl (C=O) groups excluding carboxylic acids is 1. The van der Waals surface area contributed by atoms with Crippen LogP contribution in [0.4, 0.5) is 17.1 Å². The third-order valence-corrected chi connectivity index (χ3v) is 2.93. The third-order valence-electron chi connectivity index (χ3n) is 2.93. The van der Waals surface area contributed by atoms with Crippen LogP contribution in [0.2, 0.25) is 0 Å². The van der Waals surface area contributed by atoms with E-state index < -0.39 is 5.91 Å². The van der Waals surface area contributed by atoms with Crippen molar-refractivity contribution < 1.29 is 9.53 Å². The van der Waals surface area contributed by atoms with Gasteiger partial charge < -0.3 is 21.5 Å². The van der Waals surface area contributed by atoms with Gasteiger partial charge in [-0.3, -0.25) is 4.79 Å². The van der Waals surface area contributed by atoms with Gasteiger partial charge in [0, 0.05) is 5.69 Å². The van der Waals surface area contributed by atoms with Gasteiger partial charge in [0.05, 0.1) is 24.0 Å². The summed E-state index contributed by atoms with van der Waals surface area (Å²) in [4.78, 5) is 11.5. The van der Waals surface area contributed by atoms with Crippen molar-refractivity contribution in [2.24, 2.45) is 5.73 Å². The highest BCUT2D eigenvalue weighted by molar-refractivity contribution is 6.00. The normalized spacial score (nSPS) is 10.1. The molecule has 5 N–H and O–H groups in total. The van der Waals surface area contributed by atoms with Crippen molar-refractivity contribution in [2.75, 3.05) is 18.2 Å². The lowest BCUT2D eigenvalue weighted by atomic mass is 10.1. The second-order valence-electron chi connectivity index (χ2n) is 4.50. The minimum absolute atomic E-state index is 0.341. The molecule has 2 aromatic carbocycles. The topological polar surface area (TPSA) is 90.4 Å². The van der Waals surface area contributed by atoms with Crippen molar-refractivity contribution in [2.45, 2.75) is 6.92 Å². The highest BCUT2D eigenvalue weighted by Gasteiger charge is 2.11. The number of ether oxygens (including phenoxy) is 1. The Morgan fingerprint density at radius 3 is 2.55 bits per heavy atom. The van der Waals surface area contributed by atoms with Crippen LogP contribution in [0.5, 0.6) is 5.75 Å². The number of benzene rings is 2. The first-order valence-electron chi connectivity index (χ1n) is 6.12. The molecule has 1 amide bonds. The Hall–Kier alpha value is -2.69. The lowest BCUT2D eigenvalue weighted by molar-refractivity contribution is 0.100. The standard InChI is InChI=1S/C15H17N3O2/c1-9-3-6-14(20-2)13(7-9)18-12-5-4-10(16)8-11(12)15(17)19/h3-8,18H,16H2,1-2H3,(H2,17,19). The Bertz CT molecular complexity index is 654. The fourth-order valence-electron chi connectivity index (χ4n) is 1.94. The Labute approximate surface area is 117 Å². The number of hydrogen-bond donors (Lipinski definition) is 3. The van der Waals surface area contributed by atoms with Crippen LogP contribution in [0, 0.1) is 6.92 Å². The number of hydrogen-bond acceptors (Lipinski definition) is 4. The number of methoxy groups -OCH3 is 1. The molecule has 0 aromatic heterocycles. The summed E-state index contributed by atoms with van der Waals surface area (Å²) >= 11 is 0. The molecule has 0 spiro atoms. The molecule has 104 valence electrons. The molecular formula is C15H17N3O2. The zero-order valence-corrected chi connectivity index (χ0v) is 11.4. The summed E-state index contributed by atoms with van der Waals surface area (Å²) < 4.78 is 5.29. The smallest absolute Gasteiger partial charge is 0.250 e. The lowest BCUT2D eigenvalue weighted by Crippen LogP contribution is -2.14. The number of carbonyl (C=O) groups is 1. The Morgan fingerprint density at radius 2 is 1.90 bits per heavy atom. The Balaban J connectivity index is 2.44. The summed E-state index contributed by atoms with van der Waals surface area (Å²) in [5.41, 5.74) is 14.3. The van der Waals surface area contributed by atoms with Crippen molar-refractivity contribution in [3.05, 3.63) is 47.5 Å². The first kappa shape index (κ1) is 13.7. The summed E-state index contributed by atoms with van der Waals surface area (Å²) in [6.45, 7) is 1.97. The third kappa shape index (κ3) is 2.83. The Kier molecular flexibility index (Phi) is 3.79. The van der Waals surface area contributed by atoms with E-state index in [0.717, 1.165) is 11.3 Å². The first-order valence-corrected chi connectivity index (χ1v) is 6.12. The van der Waals surface area contributed by atoms with Gasteiger partial charge >= 0.3 is 0 Å². The van der Waals surface area contributed by atoms with Crippen LogP contribution in [0.1, 0.15) is 15.9 Å². The number of primary amides is 1. The number of rotatable bonds is 4. The van der Waals surface area contributed by atoms with Crippen molar-refractivity contribution in [3.63, 3.8) is 0 Å². The van der Waals surface area contributed by atoms with Crippen LogP contribution in [0.15, 0.2) is 36.4 Å². The predicted octanol–water partition coefficient (Wildman–Crippen LogP) is 2.43. The molecule has 5 heteroatoms. The molecule has 0 saturated carbocycles. The minimum Gasteiger partial charge on any atom is -0.495 e. The molecule has 0 aliphatic rings. The van der Waals surface area contributed by atoms with E-state index in [1.165, 1.54) is 0 Å². The summed E-state index contributed by atoms with van der Waals surface area (Å²) in [6.07, 6.45) is 0. The summed E-state index contributed by atoms with van der Waals surface area (Å²) in [6, 6.07) is 10.7. The number of aryl methyl sites for hydroxylation is 1. The van der Waals surface area contributed by atoms with Crippen LogP contribution < -0.4 is 21.5 Å². The van der Waals surface area contributed by atoms with Crippen molar-refractivity contribution >= 4 is 23.0 Å². The van der Waals surface area contributed by atoms with Crippen LogP contribution in [-0.4, -0.2) is 13.0 Å². The SMILES string of the molecule is COc1ccc(C)cc1Nc1ccc(N)cc1C(N)=O. The molecule has 0 aliphatic heterocycles. The molecule has 0 bridgehead atoms. The molecule has 20 heavy (non-hydrogen) atoms. The van der Waals surface area contributed by atoms with Gasteiger partial charge in [-0.15, -0.1) is 0 Å².